The summed E-state index contributed by atoms with van der Waals surface area (Å²) in [4.78, 5) is 8.12. The van der Waals surface area contributed by atoms with Gasteiger partial charge in [-0.1, -0.05) is 13.8 Å². The topological polar surface area (TPSA) is 69.6 Å². The van der Waals surface area contributed by atoms with Crippen LogP contribution in [0.2, 0.25) is 0 Å². The number of anilines is 1. The molecule has 0 atom stereocenters. The first-order valence-corrected chi connectivity index (χ1v) is 4.80. The van der Waals surface area contributed by atoms with Crippen molar-refractivity contribution in [3.63, 3.8) is 0 Å². The largest absolute Gasteiger partial charge is 0.384 e. The summed E-state index contributed by atoms with van der Waals surface area (Å²) in [5.74, 6) is 1.58. The molecule has 0 amide bonds. The van der Waals surface area contributed by atoms with Gasteiger partial charge in [-0.2, -0.15) is 9.78 Å². The Morgan fingerprint density at radius 2 is 2.13 bits per heavy atom. The minimum Gasteiger partial charge on any atom is -0.384 e. The van der Waals surface area contributed by atoms with E-state index in [-0.39, 0.29) is 0 Å². The van der Waals surface area contributed by atoms with Gasteiger partial charge in [0.15, 0.2) is 5.82 Å². The van der Waals surface area contributed by atoms with Crippen molar-refractivity contribution in [2.75, 3.05) is 5.73 Å². The second-order valence-electron chi connectivity index (χ2n) is 3.62. The van der Waals surface area contributed by atoms with E-state index in [1.54, 1.807) is 23.3 Å². The quantitative estimate of drug-likeness (QED) is 0.800. The minimum atomic E-state index is 0.352. The number of aromatic nitrogens is 4. The fourth-order valence-corrected chi connectivity index (χ4v) is 1.28. The van der Waals surface area contributed by atoms with Gasteiger partial charge in [0.1, 0.15) is 5.82 Å². The summed E-state index contributed by atoms with van der Waals surface area (Å²) < 4.78 is 1.60. The Balaban J connectivity index is 2.45. The van der Waals surface area contributed by atoms with Gasteiger partial charge < -0.3 is 5.73 Å². The van der Waals surface area contributed by atoms with Crippen LogP contribution in [0.4, 0.5) is 5.82 Å². The van der Waals surface area contributed by atoms with Crippen molar-refractivity contribution >= 4 is 5.82 Å². The van der Waals surface area contributed by atoms with Crippen LogP contribution in [0.1, 0.15) is 25.5 Å². The van der Waals surface area contributed by atoms with Crippen LogP contribution in [0.25, 0.3) is 5.82 Å². The van der Waals surface area contributed by atoms with Gasteiger partial charge >= 0.3 is 0 Å². The van der Waals surface area contributed by atoms with Crippen LogP contribution in [0, 0.1) is 0 Å². The third kappa shape index (κ3) is 1.81. The molecular weight excluding hydrogens is 190 g/mol. The molecule has 0 fully saturated rings. The van der Waals surface area contributed by atoms with Crippen molar-refractivity contribution in [1.82, 2.24) is 19.7 Å². The molecule has 0 radical (unpaired) electrons. The van der Waals surface area contributed by atoms with Gasteiger partial charge in [0.25, 0.3) is 0 Å². The highest BCUT2D eigenvalue weighted by atomic mass is 15.3. The molecule has 2 aromatic heterocycles. The fraction of sp³-hybridized carbons (Fsp3) is 0.300. The molecule has 2 aromatic rings. The first kappa shape index (κ1) is 9.64. The highest BCUT2D eigenvalue weighted by molar-refractivity contribution is 5.38. The monoisotopic (exact) mass is 203 g/mol. The second-order valence-corrected chi connectivity index (χ2v) is 3.62. The molecule has 0 bridgehead atoms. The molecule has 0 aliphatic heterocycles. The van der Waals surface area contributed by atoms with E-state index in [1.807, 2.05) is 6.07 Å². The lowest BCUT2D eigenvalue weighted by Gasteiger charge is -2.01. The van der Waals surface area contributed by atoms with E-state index in [9.17, 15) is 0 Å². The van der Waals surface area contributed by atoms with Gasteiger partial charge in [-0.05, 0) is 5.92 Å². The maximum atomic E-state index is 5.84. The summed E-state index contributed by atoms with van der Waals surface area (Å²) in [5, 5.41) is 4.37. The van der Waals surface area contributed by atoms with Gasteiger partial charge in [0, 0.05) is 18.5 Å². The molecule has 0 spiro atoms. The van der Waals surface area contributed by atoms with Crippen LogP contribution >= 0.6 is 0 Å². The van der Waals surface area contributed by atoms with E-state index in [0.717, 1.165) is 5.69 Å². The number of nitrogens with zero attached hydrogens (tertiary/aromatic N) is 4. The van der Waals surface area contributed by atoms with Gasteiger partial charge in [-0.3, -0.25) is 4.98 Å². The first-order chi connectivity index (χ1) is 7.18. The average Bonchev–Trinajstić information content (AvgIpc) is 2.62. The van der Waals surface area contributed by atoms with Crippen LogP contribution in [0.3, 0.4) is 0 Å². The van der Waals surface area contributed by atoms with Gasteiger partial charge in [-0.25, -0.2) is 4.98 Å². The van der Waals surface area contributed by atoms with Crippen LogP contribution < -0.4 is 5.73 Å². The highest BCUT2D eigenvalue weighted by Gasteiger charge is 2.09. The number of rotatable bonds is 2. The summed E-state index contributed by atoms with van der Waals surface area (Å²) in [6, 6.07) is 1.86. The lowest BCUT2D eigenvalue weighted by Crippen LogP contribution is -2.04. The molecule has 78 valence electrons. The van der Waals surface area contributed by atoms with Crippen molar-refractivity contribution in [3.8, 4) is 5.82 Å². The second kappa shape index (κ2) is 3.68. The Morgan fingerprint density at radius 1 is 1.33 bits per heavy atom. The van der Waals surface area contributed by atoms with Crippen LogP contribution in [0.15, 0.2) is 24.7 Å². The third-order valence-electron chi connectivity index (χ3n) is 2.11. The summed E-state index contributed by atoms with van der Waals surface area (Å²) in [6.07, 6.45) is 4.87. The van der Waals surface area contributed by atoms with Gasteiger partial charge in [-0.15, -0.1) is 0 Å². The number of hydrogen-bond acceptors (Lipinski definition) is 4. The number of nitrogen functional groups attached to an aromatic ring is 1. The van der Waals surface area contributed by atoms with Crippen molar-refractivity contribution in [2.45, 2.75) is 19.8 Å². The molecule has 0 aliphatic rings. The zero-order chi connectivity index (χ0) is 10.8. The molecule has 2 heterocycles. The van der Waals surface area contributed by atoms with Crippen molar-refractivity contribution in [1.29, 1.82) is 0 Å². The molecule has 5 heteroatoms. The van der Waals surface area contributed by atoms with E-state index in [0.29, 0.717) is 17.6 Å². The van der Waals surface area contributed by atoms with Crippen LogP contribution in [-0.2, 0) is 0 Å². The molecule has 2 N–H and O–H groups in total. The lowest BCUT2D eigenvalue weighted by molar-refractivity contribution is 0.758. The lowest BCUT2D eigenvalue weighted by atomic mass is 10.1. The third-order valence-corrected chi connectivity index (χ3v) is 2.11. The molecule has 0 aliphatic carbocycles. The molecule has 0 aromatic carbocycles. The van der Waals surface area contributed by atoms with Gasteiger partial charge in [0.05, 0.1) is 11.9 Å². The summed E-state index contributed by atoms with van der Waals surface area (Å²) in [7, 11) is 0. The molecule has 0 unspecified atom stereocenters. The summed E-state index contributed by atoms with van der Waals surface area (Å²) in [5.41, 5.74) is 6.80. The van der Waals surface area contributed by atoms with Crippen LogP contribution in [-0.4, -0.2) is 19.7 Å². The number of hydrogen-bond donors (Lipinski definition) is 1. The minimum absolute atomic E-state index is 0.352. The molecule has 5 nitrogen and oxygen atoms in total. The number of nitrogens with two attached hydrogens (primary N) is 1. The molecule has 0 saturated carbocycles. The van der Waals surface area contributed by atoms with E-state index >= 15 is 0 Å². The van der Waals surface area contributed by atoms with E-state index < -0.39 is 0 Å². The Morgan fingerprint density at radius 3 is 2.67 bits per heavy atom. The molecule has 15 heavy (non-hydrogen) atoms. The zero-order valence-electron chi connectivity index (χ0n) is 8.75. The first-order valence-electron chi connectivity index (χ1n) is 4.80. The standard InChI is InChI=1S/C10H13N5/c1-7(2)8-5-9(11)15(14-8)10-6-12-3-4-13-10/h3-7H,11H2,1-2H3. The molecule has 2 rings (SSSR count). The van der Waals surface area contributed by atoms with Crippen LogP contribution in [0.5, 0.6) is 0 Å². The van der Waals surface area contributed by atoms with E-state index in [2.05, 4.69) is 28.9 Å². The van der Waals surface area contributed by atoms with E-state index in [1.165, 1.54) is 0 Å². The average molecular weight is 203 g/mol. The predicted octanol–water partition coefficient (Wildman–Crippen LogP) is 1.37. The Hall–Kier alpha value is -1.91. The zero-order valence-corrected chi connectivity index (χ0v) is 8.75. The van der Waals surface area contributed by atoms with Crippen molar-refractivity contribution in [2.24, 2.45) is 0 Å². The highest BCUT2D eigenvalue weighted by Crippen LogP contribution is 2.17. The molecule has 0 saturated heterocycles. The van der Waals surface area contributed by atoms with Gasteiger partial charge in [0.2, 0.25) is 0 Å². The summed E-state index contributed by atoms with van der Waals surface area (Å²) >= 11 is 0. The SMILES string of the molecule is CC(C)c1cc(N)n(-c2cnccn2)n1. The Kier molecular flexibility index (Phi) is 2.37. The van der Waals surface area contributed by atoms with E-state index in [4.69, 9.17) is 5.73 Å². The maximum Gasteiger partial charge on any atom is 0.174 e. The normalized spacial score (nSPS) is 10.9. The maximum absolute atomic E-state index is 5.84. The fourth-order valence-electron chi connectivity index (χ4n) is 1.28. The van der Waals surface area contributed by atoms with Crippen molar-refractivity contribution in [3.05, 3.63) is 30.4 Å². The Bertz CT molecular complexity index is 446. The summed E-state index contributed by atoms with van der Waals surface area (Å²) in [6.45, 7) is 4.14. The van der Waals surface area contributed by atoms with Crippen molar-refractivity contribution < 1.29 is 0 Å². The predicted molar refractivity (Wildman–Crippen MR) is 57.7 cm³/mol. The smallest absolute Gasteiger partial charge is 0.174 e. The molecular formula is C10H13N5. The Labute approximate surface area is 88.0 Å².